The van der Waals surface area contributed by atoms with E-state index in [1.807, 2.05) is 42.5 Å². The molecule has 0 saturated heterocycles. The summed E-state index contributed by atoms with van der Waals surface area (Å²) >= 11 is 0. The molecule has 0 atom stereocenters. The van der Waals surface area contributed by atoms with E-state index in [0.717, 1.165) is 65.8 Å². The Kier molecular flexibility index (Phi) is 9.29. The third-order valence-corrected chi connectivity index (χ3v) is 6.09. The number of nitrogens with zero attached hydrogens (tertiary/aromatic N) is 3. The number of benzene rings is 2. The fraction of sp³-hybridized carbons (Fsp3) is 0.393. The summed E-state index contributed by atoms with van der Waals surface area (Å²) in [5, 5.41) is 4.56. The van der Waals surface area contributed by atoms with E-state index in [0.29, 0.717) is 31.2 Å². The molecule has 0 aliphatic heterocycles. The number of carbonyl (C=O) groups is 1. The van der Waals surface area contributed by atoms with E-state index < -0.39 is 0 Å². The lowest BCUT2D eigenvalue weighted by Gasteiger charge is -2.12. The van der Waals surface area contributed by atoms with Crippen molar-refractivity contribution in [2.45, 2.75) is 39.3 Å². The van der Waals surface area contributed by atoms with Crippen LogP contribution in [0.5, 0.6) is 5.75 Å². The van der Waals surface area contributed by atoms with Gasteiger partial charge in [-0.25, -0.2) is 14.8 Å². The molecule has 0 unspecified atom stereocenters. The summed E-state index contributed by atoms with van der Waals surface area (Å²) in [7, 11) is 1.70. The van der Waals surface area contributed by atoms with Crippen LogP contribution in [-0.2, 0) is 33.8 Å². The summed E-state index contributed by atoms with van der Waals surface area (Å²) in [5.41, 5.74) is 10.1. The van der Waals surface area contributed by atoms with E-state index in [1.165, 1.54) is 0 Å². The molecule has 0 spiro atoms. The van der Waals surface area contributed by atoms with Crippen LogP contribution in [-0.4, -0.2) is 54.0 Å². The van der Waals surface area contributed by atoms with E-state index >= 15 is 0 Å². The summed E-state index contributed by atoms with van der Waals surface area (Å²) in [6.45, 7) is 5.06. The molecule has 4 aromatic rings. The highest BCUT2D eigenvalue weighted by atomic mass is 16.6. The van der Waals surface area contributed by atoms with Gasteiger partial charge in [0, 0.05) is 32.0 Å². The normalized spacial score (nSPS) is 11.3. The zero-order valence-electron chi connectivity index (χ0n) is 21.5. The Bertz CT molecular complexity index is 1340. The Morgan fingerprint density at radius 2 is 1.97 bits per heavy atom. The van der Waals surface area contributed by atoms with Gasteiger partial charge in [0.1, 0.15) is 17.1 Å². The number of pyridine rings is 1. The molecule has 2 aromatic heterocycles. The minimum absolute atomic E-state index is 0.0863. The fourth-order valence-corrected chi connectivity index (χ4v) is 4.37. The SMILES string of the molecule is CCOC(=O)COc1cccc(CNCCCCn2c(CCOC)nc3c(N)nc4ccccc4c32)c1. The molecule has 0 aliphatic rings. The lowest BCUT2D eigenvalue weighted by atomic mass is 10.2. The molecule has 196 valence electrons. The minimum atomic E-state index is -0.367. The van der Waals surface area contributed by atoms with Crippen LogP contribution in [0.2, 0.25) is 0 Å². The number of para-hydroxylation sites is 1. The quantitative estimate of drug-likeness (QED) is 0.196. The fourth-order valence-electron chi connectivity index (χ4n) is 4.37. The van der Waals surface area contributed by atoms with Gasteiger partial charge < -0.3 is 29.8 Å². The molecular formula is C28H35N5O4. The van der Waals surface area contributed by atoms with Crippen molar-refractivity contribution in [2.24, 2.45) is 0 Å². The number of nitrogen functional groups attached to an aromatic ring is 1. The topological polar surface area (TPSA) is 114 Å². The van der Waals surface area contributed by atoms with Crippen molar-refractivity contribution in [2.75, 3.05) is 39.2 Å². The van der Waals surface area contributed by atoms with Gasteiger partial charge in [-0.05, 0) is 50.1 Å². The Balaban J connectivity index is 1.34. The number of aromatic nitrogens is 3. The van der Waals surface area contributed by atoms with Gasteiger partial charge in [-0.15, -0.1) is 0 Å². The van der Waals surface area contributed by atoms with Gasteiger partial charge in [0.25, 0.3) is 0 Å². The number of hydrogen-bond donors (Lipinski definition) is 2. The maximum absolute atomic E-state index is 11.5. The summed E-state index contributed by atoms with van der Waals surface area (Å²) in [6.07, 6.45) is 2.70. The molecule has 3 N–H and O–H groups in total. The number of nitrogens with two attached hydrogens (primary N) is 1. The van der Waals surface area contributed by atoms with Crippen molar-refractivity contribution in [3.8, 4) is 5.75 Å². The molecule has 9 nitrogen and oxygen atoms in total. The van der Waals surface area contributed by atoms with E-state index in [-0.39, 0.29) is 12.6 Å². The van der Waals surface area contributed by atoms with Crippen LogP contribution in [0.4, 0.5) is 5.82 Å². The van der Waals surface area contributed by atoms with Crippen LogP contribution in [0.1, 0.15) is 31.2 Å². The maximum Gasteiger partial charge on any atom is 0.344 e. The van der Waals surface area contributed by atoms with Crippen LogP contribution >= 0.6 is 0 Å². The molecule has 4 rings (SSSR count). The smallest absolute Gasteiger partial charge is 0.344 e. The Hall–Kier alpha value is -3.69. The van der Waals surface area contributed by atoms with E-state index in [1.54, 1.807) is 14.0 Å². The molecule has 0 radical (unpaired) electrons. The molecule has 0 aliphatic carbocycles. The predicted molar refractivity (Wildman–Crippen MR) is 145 cm³/mol. The van der Waals surface area contributed by atoms with Gasteiger partial charge in [0.2, 0.25) is 0 Å². The van der Waals surface area contributed by atoms with Gasteiger partial charge in [-0.1, -0.05) is 30.3 Å². The highest BCUT2D eigenvalue weighted by molar-refractivity contribution is 6.06. The number of ether oxygens (including phenoxy) is 3. The van der Waals surface area contributed by atoms with Crippen molar-refractivity contribution >= 4 is 33.7 Å². The lowest BCUT2D eigenvalue weighted by molar-refractivity contribution is -0.145. The summed E-state index contributed by atoms with van der Waals surface area (Å²) in [5.74, 6) is 1.72. The number of methoxy groups -OCH3 is 1. The zero-order chi connectivity index (χ0) is 26.0. The second-order valence-corrected chi connectivity index (χ2v) is 8.76. The Morgan fingerprint density at radius 1 is 1.11 bits per heavy atom. The van der Waals surface area contributed by atoms with Crippen molar-refractivity contribution in [3.05, 3.63) is 59.9 Å². The molecule has 2 aromatic carbocycles. The third kappa shape index (κ3) is 6.75. The van der Waals surface area contributed by atoms with Gasteiger partial charge in [-0.3, -0.25) is 0 Å². The first-order valence-electron chi connectivity index (χ1n) is 12.7. The first kappa shape index (κ1) is 26.4. The van der Waals surface area contributed by atoms with E-state index in [9.17, 15) is 4.79 Å². The number of hydrogen-bond acceptors (Lipinski definition) is 8. The number of imidazole rings is 1. The summed E-state index contributed by atoms with van der Waals surface area (Å²) in [6, 6.07) is 15.8. The van der Waals surface area contributed by atoms with Gasteiger partial charge >= 0.3 is 5.97 Å². The minimum Gasteiger partial charge on any atom is -0.482 e. The number of nitrogens with one attached hydrogen (secondary N) is 1. The molecular weight excluding hydrogens is 470 g/mol. The van der Waals surface area contributed by atoms with E-state index in [2.05, 4.69) is 20.9 Å². The van der Waals surface area contributed by atoms with Crippen LogP contribution in [0.3, 0.4) is 0 Å². The average Bonchev–Trinajstić information content (AvgIpc) is 3.28. The first-order valence-corrected chi connectivity index (χ1v) is 12.7. The molecule has 0 bridgehead atoms. The first-order chi connectivity index (χ1) is 18.1. The summed E-state index contributed by atoms with van der Waals surface area (Å²) in [4.78, 5) is 20.9. The van der Waals surface area contributed by atoms with Gasteiger partial charge in [-0.2, -0.15) is 0 Å². The van der Waals surface area contributed by atoms with Crippen LogP contribution in [0.25, 0.3) is 21.9 Å². The second kappa shape index (κ2) is 13.0. The second-order valence-electron chi connectivity index (χ2n) is 8.76. The van der Waals surface area contributed by atoms with Gasteiger partial charge in [0.15, 0.2) is 12.4 Å². The van der Waals surface area contributed by atoms with Crippen molar-refractivity contribution in [1.82, 2.24) is 19.9 Å². The predicted octanol–water partition coefficient (Wildman–Crippen LogP) is 3.87. The number of anilines is 1. The molecule has 0 saturated carbocycles. The van der Waals surface area contributed by atoms with Crippen LogP contribution in [0.15, 0.2) is 48.5 Å². The van der Waals surface area contributed by atoms with Crippen molar-refractivity contribution in [1.29, 1.82) is 0 Å². The Morgan fingerprint density at radius 3 is 2.81 bits per heavy atom. The highest BCUT2D eigenvalue weighted by Crippen LogP contribution is 2.29. The molecule has 0 fully saturated rings. The monoisotopic (exact) mass is 505 g/mol. The van der Waals surface area contributed by atoms with Crippen LogP contribution < -0.4 is 15.8 Å². The van der Waals surface area contributed by atoms with Crippen molar-refractivity contribution in [3.63, 3.8) is 0 Å². The third-order valence-electron chi connectivity index (χ3n) is 6.09. The standard InChI is InChI=1S/C28H35N5O4/c1-3-36-25(34)19-37-21-10-8-9-20(17-21)18-30-14-6-7-15-33-24(13-16-35-2)32-26-27(33)22-11-4-5-12-23(22)31-28(26)29/h4-5,8-12,17,30H,3,6-7,13-16,18-19H2,1-2H3,(H2,29,31). The number of aryl methyl sites for hydroxylation is 1. The zero-order valence-corrected chi connectivity index (χ0v) is 21.5. The number of fused-ring (bicyclic) bond motifs is 3. The highest BCUT2D eigenvalue weighted by Gasteiger charge is 2.17. The molecule has 2 heterocycles. The van der Waals surface area contributed by atoms with E-state index in [4.69, 9.17) is 24.9 Å². The average molecular weight is 506 g/mol. The van der Waals surface area contributed by atoms with Gasteiger partial charge in [0.05, 0.1) is 24.2 Å². The molecule has 0 amide bonds. The number of esters is 1. The number of rotatable bonds is 14. The number of carbonyl (C=O) groups excluding carboxylic acids is 1. The van der Waals surface area contributed by atoms with Crippen LogP contribution in [0, 0.1) is 0 Å². The number of unbranched alkanes of at least 4 members (excludes halogenated alkanes) is 1. The maximum atomic E-state index is 11.5. The lowest BCUT2D eigenvalue weighted by Crippen LogP contribution is -2.16. The largest absolute Gasteiger partial charge is 0.482 e. The molecule has 37 heavy (non-hydrogen) atoms. The van der Waals surface area contributed by atoms with Crippen molar-refractivity contribution < 1.29 is 19.0 Å². The Labute approximate surface area is 216 Å². The summed E-state index contributed by atoms with van der Waals surface area (Å²) < 4.78 is 18.0. The molecule has 9 heteroatoms.